The molecule has 2 N–H and O–H groups in total. The van der Waals surface area contributed by atoms with Crippen LogP contribution in [0.15, 0.2) is 28.9 Å². The summed E-state index contributed by atoms with van der Waals surface area (Å²) in [6.07, 6.45) is 1.89. The third-order valence-corrected chi connectivity index (χ3v) is 0.808. The summed E-state index contributed by atoms with van der Waals surface area (Å²) in [6.45, 7) is 9.29. The van der Waals surface area contributed by atoms with Gasteiger partial charge < -0.3 is 5.73 Å². The van der Waals surface area contributed by atoms with Gasteiger partial charge in [-0.3, -0.25) is 0 Å². The zero-order valence-corrected chi connectivity index (χ0v) is 6.81. The largest absolute Gasteiger partial charge is 0.387 e. The third-order valence-electron chi connectivity index (χ3n) is 0.808. The van der Waals surface area contributed by atoms with Crippen molar-refractivity contribution in [3.05, 3.63) is 23.9 Å². The van der Waals surface area contributed by atoms with Gasteiger partial charge in [0.1, 0.15) is 0 Å². The second-order valence-corrected chi connectivity index (χ2v) is 2.39. The van der Waals surface area contributed by atoms with Crippen LogP contribution in [0.1, 0.15) is 20.8 Å². The average Bonchev–Trinajstić information content (AvgIpc) is 1.58. The van der Waals surface area contributed by atoms with Crippen LogP contribution in [0.4, 0.5) is 0 Å². The number of aliphatic imine (C=N–C) groups is 1. The van der Waals surface area contributed by atoms with E-state index in [1.54, 1.807) is 6.92 Å². The highest BCUT2D eigenvalue weighted by Gasteiger charge is 1.83. The van der Waals surface area contributed by atoms with Crippen LogP contribution < -0.4 is 5.73 Å². The van der Waals surface area contributed by atoms with Gasteiger partial charge >= 0.3 is 0 Å². The van der Waals surface area contributed by atoms with Gasteiger partial charge in [0, 0.05) is 5.70 Å². The smallest absolute Gasteiger partial charge is 0.0960 e. The number of amidine groups is 1. The molecular formula is C8H14N2. The van der Waals surface area contributed by atoms with Gasteiger partial charge in [-0.15, -0.1) is 0 Å². The fourth-order valence-corrected chi connectivity index (χ4v) is 0.667. The maximum absolute atomic E-state index is 5.35. The predicted octanol–water partition coefficient (Wildman–Crippen LogP) is 1.84. The molecule has 0 saturated heterocycles. The lowest BCUT2D eigenvalue weighted by molar-refractivity contribution is 1.26. The van der Waals surface area contributed by atoms with Crippen molar-refractivity contribution >= 4 is 5.84 Å². The second-order valence-electron chi connectivity index (χ2n) is 2.39. The minimum absolute atomic E-state index is 0.579. The maximum Gasteiger partial charge on any atom is 0.0960 e. The summed E-state index contributed by atoms with van der Waals surface area (Å²) in [5.74, 6) is 0.579. The van der Waals surface area contributed by atoms with E-state index >= 15 is 0 Å². The van der Waals surface area contributed by atoms with Gasteiger partial charge in [-0.05, 0) is 26.8 Å². The van der Waals surface area contributed by atoms with E-state index in [0.717, 1.165) is 11.3 Å². The molecule has 0 rings (SSSR count). The van der Waals surface area contributed by atoms with Crippen LogP contribution in [0.25, 0.3) is 0 Å². The van der Waals surface area contributed by atoms with Gasteiger partial charge in [0.2, 0.25) is 0 Å². The molecule has 0 aliphatic rings. The monoisotopic (exact) mass is 138 g/mol. The molecule has 0 saturated carbocycles. The quantitative estimate of drug-likeness (QED) is 0.353. The van der Waals surface area contributed by atoms with E-state index in [2.05, 4.69) is 11.6 Å². The molecule has 0 heterocycles. The van der Waals surface area contributed by atoms with Crippen molar-refractivity contribution in [3.8, 4) is 0 Å². The summed E-state index contributed by atoms with van der Waals surface area (Å²) in [5.41, 5.74) is 7.23. The lowest BCUT2D eigenvalue weighted by Crippen LogP contribution is -2.04. The van der Waals surface area contributed by atoms with Crippen molar-refractivity contribution in [2.75, 3.05) is 0 Å². The van der Waals surface area contributed by atoms with E-state index in [0.29, 0.717) is 5.84 Å². The lowest BCUT2D eigenvalue weighted by Gasteiger charge is -1.92. The van der Waals surface area contributed by atoms with Gasteiger partial charge in [0.05, 0.1) is 5.84 Å². The summed E-state index contributed by atoms with van der Waals surface area (Å²) in [6, 6.07) is 0. The van der Waals surface area contributed by atoms with Crippen molar-refractivity contribution < 1.29 is 0 Å². The molecule has 0 radical (unpaired) electrons. The van der Waals surface area contributed by atoms with Crippen molar-refractivity contribution in [1.82, 2.24) is 0 Å². The van der Waals surface area contributed by atoms with E-state index in [1.165, 1.54) is 0 Å². The molecule has 0 amide bonds. The molecule has 0 spiro atoms. The Balaban J connectivity index is 4.22. The minimum atomic E-state index is 0.579. The molecule has 0 aliphatic carbocycles. The molecule has 0 aromatic carbocycles. The number of nitrogens with two attached hydrogens (primary N) is 1. The predicted molar refractivity (Wildman–Crippen MR) is 45.9 cm³/mol. The van der Waals surface area contributed by atoms with Crippen LogP contribution in [0.3, 0.4) is 0 Å². The highest BCUT2D eigenvalue weighted by molar-refractivity contribution is 5.78. The first-order valence-electron chi connectivity index (χ1n) is 3.17. The Hall–Kier alpha value is -1.05. The highest BCUT2D eigenvalue weighted by Crippen LogP contribution is 1.99. The SMILES string of the molecule is C=C(C)/C=C(/C)N=C(C)N. The standard InChI is InChI=1S/C8H14N2/c1-6(2)5-7(3)10-8(4)9/h5H,1H2,2-4H3,(H2,9,10)/b7-5-. The average molecular weight is 138 g/mol. The van der Waals surface area contributed by atoms with Crippen LogP contribution in [0.5, 0.6) is 0 Å². The van der Waals surface area contributed by atoms with Crippen LogP contribution in [0.2, 0.25) is 0 Å². The number of hydrogen-bond donors (Lipinski definition) is 1. The number of allylic oxidation sites excluding steroid dienone is 3. The summed E-state index contributed by atoms with van der Waals surface area (Å²) in [4.78, 5) is 4.01. The van der Waals surface area contributed by atoms with Crippen molar-refractivity contribution in [3.63, 3.8) is 0 Å². The van der Waals surface area contributed by atoms with E-state index in [4.69, 9.17) is 5.73 Å². The van der Waals surface area contributed by atoms with Gasteiger partial charge in [-0.25, -0.2) is 4.99 Å². The normalized spacial score (nSPS) is 13.5. The van der Waals surface area contributed by atoms with E-state index in [1.807, 2.05) is 19.9 Å². The first-order valence-corrected chi connectivity index (χ1v) is 3.17. The molecule has 56 valence electrons. The van der Waals surface area contributed by atoms with Gasteiger partial charge in [0.15, 0.2) is 0 Å². The second kappa shape index (κ2) is 3.88. The molecule has 0 atom stereocenters. The van der Waals surface area contributed by atoms with Crippen LogP contribution in [-0.4, -0.2) is 5.84 Å². The van der Waals surface area contributed by atoms with Crippen LogP contribution in [0, 0.1) is 0 Å². The molecule has 0 fully saturated rings. The van der Waals surface area contributed by atoms with E-state index < -0.39 is 0 Å². The van der Waals surface area contributed by atoms with Crippen LogP contribution >= 0.6 is 0 Å². The number of rotatable bonds is 2. The van der Waals surface area contributed by atoms with E-state index in [9.17, 15) is 0 Å². The van der Waals surface area contributed by atoms with Crippen molar-refractivity contribution in [2.45, 2.75) is 20.8 Å². The van der Waals surface area contributed by atoms with Crippen molar-refractivity contribution in [2.24, 2.45) is 10.7 Å². The summed E-state index contributed by atoms with van der Waals surface area (Å²) >= 11 is 0. The zero-order valence-electron chi connectivity index (χ0n) is 6.81. The minimum Gasteiger partial charge on any atom is -0.387 e. The van der Waals surface area contributed by atoms with Gasteiger partial charge in [0.25, 0.3) is 0 Å². The molecule has 0 aromatic heterocycles. The molecule has 2 nitrogen and oxygen atoms in total. The molecule has 0 aromatic rings. The fraction of sp³-hybridized carbons (Fsp3) is 0.375. The Bertz CT molecular complexity index is 183. The topological polar surface area (TPSA) is 38.4 Å². The molecular weight excluding hydrogens is 124 g/mol. The third kappa shape index (κ3) is 5.09. The molecule has 0 bridgehead atoms. The number of hydrogen-bond acceptors (Lipinski definition) is 1. The van der Waals surface area contributed by atoms with Gasteiger partial charge in [-0.2, -0.15) is 0 Å². The Labute approximate surface area is 62.1 Å². The van der Waals surface area contributed by atoms with Crippen LogP contribution in [-0.2, 0) is 0 Å². The Morgan fingerprint density at radius 1 is 1.40 bits per heavy atom. The number of nitrogens with zero attached hydrogens (tertiary/aromatic N) is 1. The highest BCUT2D eigenvalue weighted by atomic mass is 14.8. The summed E-state index contributed by atoms with van der Waals surface area (Å²) in [7, 11) is 0. The first kappa shape index (κ1) is 8.95. The summed E-state index contributed by atoms with van der Waals surface area (Å²) in [5, 5.41) is 0. The molecule has 0 unspecified atom stereocenters. The Morgan fingerprint density at radius 3 is 2.20 bits per heavy atom. The Morgan fingerprint density at radius 2 is 1.90 bits per heavy atom. The molecule has 10 heavy (non-hydrogen) atoms. The lowest BCUT2D eigenvalue weighted by atomic mass is 10.3. The summed E-state index contributed by atoms with van der Waals surface area (Å²) < 4.78 is 0. The van der Waals surface area contributed by atoms with Gasteiger partial charge in [-0.1, -0.05) is 12.2 Å². The zero-order chi connectivity index (χ0) is 8.15. The Kier molecular flexibility index (Phi) is 3.47. The first-order chi connectivity index (χ1) is 4.52. The molecule has 0 aliphatic heterocycles. The molecule has 2 heteroatoms. The maximum atomic E-state index is 5.35. The fourth-order valence-electron chi connectivity index (χ4n) is 0.667. The van der Waals surface area contributed by atoms with E-state index in [-0.39, 0.29) is 0 Å². The van der Waals surface area contributed by atoms with Crippen molar-refractivity contribution in [1.29, 1.82) is 0 Å².